The van der Waals surface area contributed by atoms with Gasteiger partial charge in [-0.3, -0.25) is 0 Å². The Kier molecular flexibility index (Phi) is 5.55. The van der Waals surface area contributed by atoms with Crippen molar-refractivity contribution in [1.29, 1.82) is 0 Å². The third-order valence-electron chi connectivity index (χ3n) is 3.46. The first kappa shape index (κ1) is 16.5. The van der Waals surface area contributed by atoms with Crippen LogP contribution in [-0.4, -0.2) is 30.3 Å². The van der Waals surface area contributed by atoms with Gasteiger partial charge >= 0.3 is 5.97 Å². The first-order valence-electron chi connectivity index (χ1n) is 6.88. The van der Waals surface area contributed by atoms with Gasteiger partial charge in [0, 0.05) is 11.1 Å². The Balaban J connectivity index is 2.15. The highest BCUT2D eigenvalue weighted by Crippen LogP contribution is 2.26. The van der Waals surface area contributed by atoms with Gasteiger partial charge in [0.1, 0.15) is 0 Å². The van der Waals surface area contributed by atoms with E-state index in [9.17, 15) is 9.90 Å². The lowest BCUT2D eigenvalue weighted by Gasteiger charge is -2.17. The Bertz CT molecular complexity index is 646. The van der Waals surface area contributed by atoms with Crippen molar-refractivity contribution in [3.63, 3.8) is 0 Å². The van der Waals surface area contributed by atoms with E-state index < -0.39 is 18.1 Å². The number of esters is 1. The number of hydrogen-bond acceptors (Lipinski definition) is 4. The Morgan fingerprint density at radius 3 is 2.50 bits per heavy atom. The van der Waals surface area contributed by atoms with Gasteiger partial charge in [0.15, 0.2) is 6.10 Å². The van der Waals surface area contributed by atoms with Crippen LogP contribution in [0.2, 0.25) is 5.02 Å². The Labute approximate surface area is 134 Å². The predicted molar refractivity (Wildman–Crippen MR) is 86.6 cm³/mol. The number of ether oxygens (including phenoxy) is 1. The van der Waals surface area contributed by atoms with Crippen molar-refractivity contribution in [3.8, 4) is 11.1 Å². The molecule has 2 aromatic carbocycles. The van der Waals surface area contributed by atoms with Crippen molar-refractivity contribution in [3.05, 3.63) is 59.1 Å². The van der Waals surface area contributed by atoms with Gasteiger partial charge in [-0.05, 0) is 29.2 Å². The Morgan fingerprint density at radius 2 is 1.91 bits per heavy atom. The van der Waals surface area contributed by atoms with E-state index >= 15 is 0 Å². The first-order valence-corrected chi connectivity index (χ1v) is 7.26. The van der Waals surface area contributed by atoms with E-state index in [2.05, 4.69) is 4.74 Å². The zero-order valence-corrected chi connectivity index (χ0v) is 13.0. The van der Waals surface area contributed by atoms with Gasteiger partial charge in [-0.2, -0.15) is 0 Å². The maximum atomic E-state index is 11.3. The van der Waals surface area contributed by atoms with Crippen LogP contribution in [0.5, 0.6) is 0 Å². The Hall–Kier alpha value is -1.88. The lowest BCUT2D eigenvalue weighted by Crippen LogP contribution is -2.42. The van der Waals surface area contributed by atoms with Crippen LogP contribution >= 0.6 is 11.6 Å². The van der Waals surface area contributed by atoms with Crippen molar-refractivity contribution < 1.29 is 14.6 Å². The molecule has 0 aromatic heterocycles. The molecule has 22 heavy (non-hydrogen) atoms. The number of carbonyl (C=O) groups excluding carboxylic acids is 1. The number of hydrogen-bond donors (Lipinski definition) is 2. The van der Waals surface area contributed by atoms with Crippen LogP contribution in [0.3, 0.4) is 0 Å². The number of rotatable bonds is 5. The molecule has 0 saturated heterocycles. The van der Waals surface area contributed by atoms with Crippen LogP contribution in [0.1, 0.15) is 5.56 Å². The largest absolute Gasteiger partial charge is 0.467 e. The number of carbonyl (C=O) groups is 1. The maximum Gasteiger partial charge on any atom is 0.336 e. The maximum absolute atomic E-state index is 11.3. The van der Waals surface area contributed by atoms with Crippen molar-refractivity contribution >= 4 is 17.6 Å². The quantitative estimate of drug-likeness (QED) is 0.830. The summed E-state index contributed by atoms with van der Waals surface area (Å²) in [4.78, 5) is 11.3. The fraction of sp³-hybridized carbons (Fsp3) is 0.235. The molecule has 0 radical (unpaired) electrons. The molecule has 4 nitrogen and oxygen atoms in total. The molecule has 2 unspecified atom stereocenters. The number of aliphatic hydroxyl groups excluding tert-OH is 1. The SMILES string of the molecule is COC(=O)C(O)C(N)Cc1ccc(-c2ccccc2)cc1Cl. The van der Waals surface area contributed by atoms with E-state index in [-0.39, 0.29) is 6.42 Å². The topological polar surface area (TPSA) is 72.5 Å². The van der Waals surface area contributed by atoms with Crippen molar-refractivity contribution in [1.82, 2.24) is 0 Å². The normalized spacial score (nSPS) is 13.5. The lowest BCUT2D eigenvalue weighted by atomic mass is 9.98. The molecule has 0 fully saturated rings. The predicted octanol–water partition coefficient (Wildman–Crippen LogP) is 2.41. The first-order chi connectivity index (χ1) is 10.5. The summed E-state index contributed by atoms with van der Waals surface area (Å²) in [6, 6.07) is 14.7. The minimum Gasteiger partial charge on any atom is -0.467 e. The molecule has 2 atom stereocenters. The monoisotopic (exact) mass is 319 g/mol. The number of halogens is 1. The molecular formula is C17H18ClNO3. The molecule has 0 aliphatic heterocycles. The molecule has 0 amide bonds. The zero-order valence-electron chi connectivity index (χ0n) is 12.2. The molecule has 5 heteroatoms. The minimum absolute atomic E-state index is 0.282. The second kappa shape index (κ2) is 7.40. The van der Waals surface area contributed by atoms with Gasteiger partial charge in [0.25, 0.3) is 0 Å². The third-order valence-corrected chi connectivity index (χ3v) is 3.82. The van der Waals surface area contributed by atoms with Crippen LogP contribution < -0.4 is 5.73 Å². The van der Waals surface area contributed by atoms with E-state index in [0.717, 1.165) is 16.7 Å². The molecule has 0 aliphatic carbocycles. The van der Waals surface area contributed by atoms with E-state index in [1.54, 1.807) is 0 Å². The lowest BCUT2D eigenvalue weighted by molar-refractivity contribution is -0.151. The van der Waals surface area contributed by atoms with Gasteiger partial charge in [-0.1, -0.05) is 54.1 Å². The third kappa shape index (κ3) is 3.85. The summed E-state index contributed by atoms with van der Waals surface area (Å²) in [7, 11) is 1.21. The van der Waals surface area contributed by atoms with Crippen molar-refractivity contribution in [2.75, 3.05) is 7.11 Å². The van der Waals surface area contributed by atoms with Crippen LogP contribution in [0.15, 0.2) is 48.5 Å². The molecule has 2 rings (SSSR count). The molecule has 0 aliphatic rings. The highest BCUT2D eigenvalue weighted by molar-refractivity contribution is 6.31. The Morgan fingerprint density at radius 1 is 1.23 bits per heavy atom. The fourth-order valence-electron chi connectivity index (χ4n) is 2.18. The fourth-order valence-corrected chi connectivity index (χ4v) is 2.44. The summed E-state index contributed by atoms with van der Waals surface area (Å²) in [5, 5.41) is 10.3. The average Bonchev–Trinajstić information content (AvgIpc) is 2.55. The van der Waals surface area contributed by atoms with E-state index in [4.69, 9.17) is 17.3 Å². The summed E-state index contributed by atoms with van der Waals surface area (Å²) >= 11 is 6.29. The van der Waals surface area contributed by atoms with E-state index in [0.29, 0.717) is 5.02 Å². The summed E-state index contributed by atoms with van der Waals surface area (Å²) in [6.07, 6.45) is -1.08. The highest BCUT2D eigenvalue weighted by atomic mass is 35.5. The van der Waals surface area contributed by atoms with Crippen LogP contribution in [-0.2, 0) is 16.0 Å². The number of aliphatic hydroxyl groups is 1. The highest BCUT2D eigenvalue weighted by Gasteiger charge is 2.24. The van der Waals surface area contributed by atoms with Gasteiger partial charge < -0.3 is 15.6 Å². The van der Waals surface area contributed by atoms with Gasteiger partial charge in [0.2, 0.25) is 0 Å². The van der Waals surface area contributed by atoms with Crippen LogP contribution in [0.25, 0.3) is 11.1 Å². The van der Waals surface area contributed by atoms with Gasteiger partial charge in [-0.25, -0.2) is 4.79 Å². The van der Waals surface area contributed by atoms with Crippen LogP contribution in [0, 0.1) is 0 Å². The summed E-state index contributed by atoms with van der Waals surface area (Å²) in [5.41, 5.74) is 8.67. The molecule has 0 spiro atoms. The molecule has 2 aromatic rings. The number of nitrogens with two attached hydrogens (primary N) is 1. The summed E-state index contributed by atoms with van der Waals surface area (Å²) in [5.74, 6) is -0.746. The second-order valence-electron chi connectivity index (χ2n) is 5.01. The smallest absolute Gasteiger partial charge is 0.336 e. The molecule has 0 heterocycles. The minimum atomic E-state index is -1.37. The molecule has 0 saturated carbocycles. The standard InChI is InChI=1S/C17H18ClNO3/c1-22-17(21)16(20)15(19)10-13-8-7-12(9-14(13)18)11-5-3-2-4-6-11/h2-9,15-16,20H,10,19H2,1H3. The molecule has 3 N–H and O–H groups in total. The van der Waals surface area contributed by atoms with Gasteiger partial charge in [-0.15, -0.1) is 0 Å². The average molecular weight is 320 g/mol. The summed E-state index contributed by atoms with van der Waals surface area (Å²) in [6.45, 7) is 0. The number of methoxy groups -OCH3 is 1. The van der Waals surface area contributed by atoms with E-state index in [1.807, 2.05) is 48.5 Å². The van der Waals surface area contributed by atoms with Crippen molar-refractivity contribution in [2.24, 2.45) is 5.73 Å². The molecular weight excluding hydrogens is 302 g/mol. The van der Waals surface area contributed by atoms with E-state index in [1.165, 1.54) is 7.11 Å². The zero-order chi connectivity index (χ0) is 16.1. The number of benzene rings is 2. The second-order valence-corrected chi connectivity index (χ2v) is 5.42. The summed E-state index contributed by atoms with van der Waals surface area (Å²) < 4.78 is 4.48. The molecule has 116 valence electrons. The van der Waals surface area contributed by atoms with Crippen molar-refractivity contribution in [2.45, 2.75) is 18.6 Å². The molecule has 0 bridgehead atoms. The van der Waals surface area contributed by atoms with Crippen LogP contribution in [0.4, 0.5) is 0 Å². The van der Waals surface area contributed by atoms with Gasteiger partial charge in [0.05, 0.1) is 7.11 Å².